The molecule has 0 bridgehead atoms. The molecule has 0 spiro atoms. The first-order chi connectivity index (χ1) is 10.1. The number of nitrogen functional groups attached to an aromatic ring is 1. The summed E-state index contributed by atoms with van der Waals surface area (Å²) in [5.74, 6) is 0.0171. The average molecular weight is 291 g/mol. The summed E-state index contributed by atoms with van der Waals surface area (Å²) in [5.41, 5.74) is 8.21. The van der Waals surface area contributed by atoms with Gasteiger partial charge >= 0.3 is 0 Å². The first-order valence-corrected chi connectivity index (χ1v) is 7.61. The molecule has 1 amide bonds. The van der Waals surface area contributed by atoms with Crippen molar-refractivity contribution in [3.8, 4) is 0 Å². The van der Waals surface area contributed by atoms with Crippen LogP contribution in [0.1, 0.15) is 31.2 Å². The van der Waals surface area contributed by atoms with Crippen molar-refractivity contribution in [1.29, 1.82) is 0 Å². The summed E-state index contributed by atoms with van der Waals surface area (Å²) in [4.78, 5) is 14.3. The molecule has 0 atom stereocenters. The van der Waals surface area contributed by atoms with Gasteiger partial charge in [-0.1, -0.05) is 6.07 Å². The number of benzene rings is 1. The number of anilines is 2. The molecule has 5 nitrogen and oxygen atoms in total. The van der Waals surface area contributed by atoms with Crippen LogP contribution >= 0.6 is 0 Å². The van der Waals surface area contributed by atoms with Crippen LogP contribution in [-0.2, 0) is 4.79 Å². The molecule has 0 radical (unpaired) electrons. The first kappa shape index (κ1) is 15.8. The largest absolute Gasteiger partial charge is 0.398 e. The number of aliphatic hydroxyl groups is 1. The van der Waals surface area contributed by atoms with Gasteiger partial charge in [-0.2, -0.15) is 0 Å². The number of nitrogens with one attached hydrogen (secondary N) is 1. The fourth-order valence-electron chi connectivity index (χ4n) is 2.49. The maximum absolute atomic E-state index is 12.0. The molecular weight excluding hydrogens is 266 g/mol. The van der Waals surface area contributed by atoms with Crippen LogP contribution in [0.15, 0.2) is 18.2 Å². The summed E-state index contributed by atoms with van der Waals surface area (Å²) in [6, 6.07) is 6.16. The Morgan fingerprint density at radius 3 is 2.86 bits per heavy atom. The fraction of sp³-hybridized carbons (Fsp3) is 0.562. The predicted molar refractivity (Wildman–Crippen MR) is 85.1 cm³/mol. The quantitative estimate of drug-likeness (QED) is 0.638. The van der Waals surface area contributed by atoms with E-state index >= 15 is 0 Å². The van der Waals surface area contributed by atoms with Crippen LogP contribution in [0.4, 0.5) is 11.4 Å². The van der Waals surface area contributed by atoms with E-state index in [9.17, 15) is 4.79 Å². The van der Waals surface area contributed by atoms with Gasteiger partial charge in [0.15, 0.2) is 0 Å². The fourth-order valence-corrected chi connectivity index (χ4v) is 2.49. The Labute approximate surface area is 126 Å². The molecular formula is C16H25N3O2. The summed E-state index contributed by atoms with van der Waals surface area (Å²) in [5, 5.41) is 12.0. The number of hydrogen-bond donors (Lipinski definition) is 3. The first-order valence-electron chi connectivity index (χ1n) is 7.61. The van der Waals surface area contributed by atoms with Crippen molar-refractivity contribution in [2.24, 2.45) is 0 Å². The number of nitrogens with zero attached hydrogens (tertiary/aromatic N) is 1. The minimum Gasteiger partial charge on any atom is -0.398 e. The maximum Gasteiger partial charge on any atom is 0.224 e. The molecule has 0 saturated heterocycles. The number of nitrogens with two attached hydrogens (primary N) is 1. The highest BCUT2D eigenvalue weighted by atomic mass is 16.3. The Kier molecular flexibility index (Phi) is 5.59. The van der Waals surface area contributed by atoms with Gasteiger partial charge in [0.1, 0.15) is 0 Å². The molecule has 21 heavy (non-hydrogen) atoms. The molecule has 1 aliphatic carbocycles. The molecule has 1 fully saturated rings. The second kappa shape index (κ2) is 7.43. The van der Waals surface area contributed by atoms with Gasteiger partial charge in [0.05, 0.1) is 6.61 Å². The third-order valence-corrected chi connectivity index (χ3v) is 3.95. The zero-order chi connectivity index (χ0) is 15.2. The van der Waals surface area contributed by atoms with Gasteiger partial charge in [-0.15, -0.1) is 0 Å². The number of carbonyl (C=O) groups is 1. The van der Waals surface area contributed by atoms with E-state index in [4.69, 9.17) is 10.8 Å². The lowest BCUT2D eigenvalue weighted by Gasteiger charge is -2.20. The Balaban J connectivity index is 1.75. The minimum atomic E-state index is 0.0171. The summed E-state index contributed by atoms with van der Waals surface area (Å²) in [7, 11) is 0. The number of carbonyl (C=O) groups excluding carboxylic acids is 1. The average Bonchev–Trinajstić information content (AvgIpc) is 3.27. The van der Waals surface area contributed by atoms with E-state index in [0.29, 0.717) is 24.7 Å². The van der Waals surface area contributed by atoms with Crippen LogP contribution in [-0.4, -0.2) is 41.7 Å². The molecule has 4 N–H and O–H groups in total. The third-order valence-electron chi connectivity index (χ3n) is 3.95. The zero-order valence-electron chi connectivity index (χ0n) is 12.6. The van der Waals surface area contributed by atoms with Crippen molar-refractivity contribution in [2.75, 3.05) is 30.7 Å². The van der Waals surface area contributed by atoms with Gasteiger partial charge in [-0.05, 0) is 50.4 Å². The lowest BCUT2D eigenvalue weighted by Crippen LogP contribution is -2.30. The highest BCUT2D eigenvalue weighted by Gasteiger charge is 2.27. The molecule has 0 unspecified atom stereocenters. The number of amides is 1. The second-order valence-corrected chi connectivity index (χ2v) is 5.66. The van der Waals surface area contributed by atoms with Crippen LogP contribution in [0.3, 0.4) is 0 Å². The molecule has 2 rings (SSSR count). The third kappa shape index (κ3) is 4.72. The molecule has 5 heteroatoms. The Morgan fingerprint density at radius 2 is 2.19 bits per heavy atom. The molecule has 0 aliphatic heterocycles. The molecule has 0 aromatic heterocycles. The standard InChI is InChI=1S/C16H25N3O2/c1-12-14(17)4-2-5-15(12)18-16(21)6-3-9-19(10-11-20)13-7-8-13/h2,4-5,13,20H,3,6-11,17H2,1H3,(H,18,21). The van der Waals surface area contributed by atoms with Gasteiger partial charge in [0.25, 0.3) is 0 Å². The highest BCUT2D eigenvalue weighted by Crippen LogP contribution is 2.26. The van der Waals surface area contributed by atoms with Crippen LogP contribution in [0, 0.1) is 6.92 Å². The number of rotatable bonds is 8. The summed E-state index contributed by atoms with van der Waals surface area (Å²) >= 11 is 0. The van der Waals surface area contributed by atoms with Gasteiger partial charge in [-0.3, -0.25) is 9.69 Å². The van der Waals surface area contributed by atoms with Crippen molar-refractivity contribution in [2.45, 2.75) is 38.6 Å². The maximum atomic E-state index is 12.0. The summed E-state index contributed by atoms with van der Waals surface area (Å²) in [6.45, 7) is 3.67. The van der Waals surface area contributed by atoms with Crippen LogP contribution in [0.5, 0.6) is 0 Å². The Hall–Kier alpha value is -1.59. The zero-order valence-corrected chi connectivity index (χ0v) is 12.6. The monoisotopic (exact) mass is 291 g/mol. The molecule has 0 heterocycles. The van der Waals surface area contributed by atoms with Crippen LogP contribution in [0.2, 0.25) is 0 Å². The lowest BCUT2D eigenvalue weighted by atomic mass is 10.1. The molecule has 1 aromatic rings. The van der Waals surface area contributed by atoms with Crippen molar-refractivity contribution in [3.63, 3.8) is 0 Å². The summed E-state index contributed by atoms with van der Waals surface area (Å²) in [6.07, 6.45) is 3.73. The van der Waals surface area contributed by atoms with Crippen LogP contribution < -0.4 is 11.1 Å². The lowest BCUT2D eigenvalue weighted by molar-refractivity contribution is -0.116. The van der Waals surface area contributed by atoms with Crippen molar-refractivity contribution in [1.82, 2.24) is 4.90 Å². The molecule has 1 aromatic carbocycles. The Bertz CT molecular complexity index is 486. The van der Waals surface area contributed by atoms with E-state index in [1.165, 1.54) is 12.8 Å². The summed E-state index contributed by atoms with van der Waals surface area (Å²) < 4.78 is 0. The SMILES string of the molecule is Cc1c(N)cccc1NC(=O)CCCN(CCO)C1CC1. The van der Waals surface area contributed by atoms with Crippen LogP contribution in [0.25, 0.3) is 0 Å². The Morgan fingerprint density at radius 1 is 1.43 bits per heavy atom. The van der Waals surface area contributed by atoms with E-state index in [2.05, 4.69) is 10.2 Å². The normalized spacial score (nSPS) is 14.4. The van der Waals surface area contributed by atoms with E-state index in [-0.39, 0.29) is 12.5 Å². The number of aliphatic hydroxyl groups excluding tert-OH is 1. The smallest absolute Gasteiger partial charge is 0.224 e. The molecule has 116 valence electrons. The predicted octanol–water partition coefficient (Wildman–Crippen LogP) is 1.75. The molecule has 1 saturated carbocycles. The van der Waals surface area contributed by atoms with E-state index in [1.807, 2.05) is 25.1 Å². The minimum absolute atomic E-state index is 0.0171. The number of hydrogen-bond acceptors (Lipinski definition) is 4. The highest BCUT2D eigenvalue weighted by molar-refractivity contribution is 5.92. The van der Waals surface area contributed by atoms with E-state index < -0.39 is 0 Å². The van der Waals surface area contributed by atoms with E-state index in [1.54, 1.807) is 0 Å². The van der Waals surface area contributed by atoms with Crippen molar-refractivity contribution >= 4 is 17.3 Å². The van der Waals surface area contributed by atoms with Crippen molar-refractivity contribution < 1.29 is 9.90 Å². The van der Waals surface area contributed by atoms with Gasteiger partial charge in [0.2, 0.25) is 5.91 Å². The van der Waals surface area contributed by atoms with Gasteiger partial charge in [-0.25, -0.2) is 0 Å². The van der Waals surface area contributed by atoms with Gasteiger partial charge in [0, 0.05) is 30.4 Å². The second-order valence-electron chi connectivity index (χ2n) is 5.66. The topological polar surface area (TPSA) is 78.6 Å². The van der Waals surface area contributed by atoms with Crippen molar-refractivity contribution in [3.05, 3.63) is 23.8 Å². The van der Waals surface area contributed by atoms with E-state index in [0.717, 1.165) is 24.2 Å². The van der Waals surface area contributed by atoms with Gasteiger partial charge < -0.3 is 16.2 Å². The molecule has 1 aliphatic rings.